The Morgan fingerprint density at radius 1 is 1.50 bits per heavy atom. The number of rotatable bonds is 1. The molecule has 2 atom stereocenters. The third kappa shape index (κ3) is 1.88. The normalized spacial score (nSPS) is 40.8. The summed E-state index contributed by atoms with van der Waals surface area (Å²) >= 11 is 3.55. The van der Waals surface area contributed by atoms with Crippen LogP contribution in [-0.2, 0) is 9.53 Å². The van der Waals surface area contributed by atoms with Gasteiger partial charge in [-0.2, -0.15) is 0 Å². The van der Waals surface area contributed by atoms with Crippen LogP contribution >= 0.6 is 15.9 Å². The summed E-state index contributed by atoms with van der Waals surface area (Å²) in [5, 5.41) is 0. The van der Waals surface area contributed by atoms with Crippen molar-refractivity contribution in [2.45, 2.75) is 49.6 Å². The van der Waals surface area contributed by atoms with Gasteiger partial charge in [0, 0.05) is 4.83 Å². The monoisotopic (exact) mass is 234 g/mol. The number of ether oxygens (including phenoxy) is 1. The first kappa shape index (κ1) is 10.2. The topological polar surface area (TPSA) is 26.3 Å². The van der Waals surface area contributed by atoms with Gasteiger partial charge in [-0.1, -0.05) is 15.9 Å². The molecule has 1 aliphatic heterocycles. The van der Waals surface area contributed by atoms with Crippen LogP contribution in [-0.4, -0.2) is 22.3 Å². The molecule has 0 bridgehead atoms. The Labute approximate surface area is 81.8 Å². The van der Waals surface area contributed by atoms with Gasteiger partial charge in [-0.25, -0.2) is 0 Å². The summed E-state index contributed by atoms with van der Waals surface area (Å²) in [6, 6.07) is 0. The van der Waals surface area contributed by atoms with Gasteiger partial charge >= 0.3 is 0 Å². The minimum Gasteiger partial charge on any atom is -0.361 e. The lowest BCUT2D eigenvalue weighted by Crippen LogP contribution is -2.50. The van der Waals surface area contributed by atoms with Crippen LogP contribution in [0.4, 0.5) is 0 Å². The first-order valence-corrected chi connectivity index (χ1v) is 5.12. The van der Waals surface area contributed by atoms with E-state index in [9.17, 15) is 4.79 Å². The fourth-order valence-corrected chi connectivity index (χ4v) is 1.88. The lowest BCUT2D eigenvalue weighted by molar-refractivity contribution is -0.166. The molecule has 0 saturated carbocycles. The van der Waals surface area contributed by atoms with Crippen molar-refractivity contribution >= 4 is 22.2 Å². The van der Waals surface area contributed by atoms with E-state index in [0.717, 1.165) is 19.1 Å². The predicted octanol–water partition coefficient (Wildman–Crippen LogP) is 2.30. The van der Waals surface area contributed by atoms with Gasteiger partial charge in [0.05, 0.1) is 5.60 Å². The molecule has 0 amide bonds. The van der Waals surface area contributed by atoms with Gasteiger partial charge in [0.25, 0.3) is 0 Å². The summed E-state index contributed by atoms with van der Waals surface area (Å²) in [4.78, 5) is 11.1. The smallest absolute Gasteiger partial charge is 0.151 e. The largest absolute Gasteiger partial charge is 0.361 e. The molecule has 0 unspecified atom stereocenters. The molecule has 0 aromatic carbocycles. The van der Waals surface area contributed by atoms with Crippen LogP contribution in [0.5, 0.6) is 0 Å². The van der Waals surface area contributed by atoms with Crippen LogP contribution in [0.25, 0.3) is 0 Å². The second-order valence-corrected chi connectivity index (χ2v) is 5.25. The van der Waals surface area contributed by atoms with E-state index >= 15 is 0 Å². The molecule has 2 nitrogen and oxygen atoms in total. The van der Waals surface area contributed by atoms with Crippen LogP contribution in [0.3, 0.4) is 0 Å². The number of hydrogen-bond donors (Lipinski definition) is 0. The van der Waals surface area contributed by atoms with Crippen LogP contribution in [0.15, 0.2) is 0 Å². The molecule has 12 heavy (non-hydrogen) atoms. The van der Waals surface area contributed by atoms with Gasteiger partial charge in [-0.3, -0.25) is 0 Å². The van der Waals surface area contributed by atoms with E-state index in [-0.39, 0.29) is 5.60 Å². The maximum absolute atomic E-state index is 10.7. The van der Waals surface area contributed by atoms with E-state index in [1.807, 2.05) is 20.8 Å². The second-order valence-electron chi connectivity index (χ2n) is 4.14. The number of alkyl halides is 1. The summed E-state index contributed by atoms with van der Waals surface area (Å²) < 4.78 is 5.71. The van der Waals surface area contributed by atoms with Crippen molar-refractivity contribution in [3.05, 3.63) is 0 Å². The van der Waals surface area contributed by atoms with Gasteiger partial charge in [-0.05, 0) is 33.6 Å². The van der Waals surface area contributed by atoms with Crippen LogP contribution < -0.4 is 0 Å². The minimum absolute atomic E-state index is 0.242. The van der Waals surface area contributed by atoms with Gasteiger partial charge in [0.15, 0.2) is 6.29 Å². The zero-order valence-electron chi connectivity index (χ0n) is 7.76. The summed E-state index contributed by atoms with van der Waals surface area (Å²) in [6.45, 7) is 5.86. The SMILES string of the molecule is CC1(C)O[C@](C)(C=O)CC[C@H]1Br. The molecule has 0 aromatic rings. The molecule has 1 aliphatic rings. The Morgan fingerprint density at radius 2 is 2.08 bits per heavy atom. The molecule has 3 heteroatoms. The summed E-state index contributed by atoms with van der Waals surface area (Å²) in [6.07, 6.45) is 2.70. The molecule has 0 spiro atoms. The summed E-state index contributed by atoms with van der Waals surface area (Å²) in [5.74, 6) is 0. The average molecular weight is 235 g/mol. The number of carbonyl (C=O) groups is 1. The Balaban J connectivity index is 2.75. The molecule has 0 radical (unpaired) electrons. The third-order valence-corrected chi connectivity index (χ3v) is 3.95. The van der Waals surface area contributed by atoms with E-state index in [4.69, 9.17) is 4.74 Å². The number of hydrogen-bond acceptors (Lipinski definition) is 2. The van der Waals surface area contributed by atoms with Crippen molar-refractivity contribution in [3.63, 3.8) is 0 Å². The Morgan fingerprint density at radius 3 is 2.50 bits per heavy atom. The highest BCUT2D eigenvalue weighted by Crippen LogP contribution is 2.37. The van der Waals surface area contributed by atoms with Gasteiger partial charge in [0.1, 0.15) is 5.60 Å². The number of aldehydes is 1. The van der Waals surface area contributed by atoms with E-state index in [0.29, 0.717) is 4.83 Å². The first-order valence-electron chi connectivity index (χ1n) is 4.20. The predicted molar refractivity (Wildman–Crippen MR) is 51.6 cm³/mol. The molecule has 1 fully saturated rings. The highest BCUT2D eigenvalue weighted by atomic mass is 79.9. The third-order valence-electron chi connectivity index (χ3n) is 2.39. The Kier molecular flexibility index (Phi) is 2.64. The van der Waals surface area contributed by atoms with E-state index in [1.54, 1.807) is 0 Å². The van der Waals surface area contributed by atoms with Crippen molar-refractivity contribution in [2.24, 2.45) is 0 Å². The molecule has 0 aromatic heterocycles. The minimum atomic E-state index is -0.576. The number of carbonyl (C=O) groups excluding carboxylic acids is 1. The standard InChI is InChI=1S/C9H15BrO2/c1-8(2)7(10)4-5-9(3,6-11)12-8/h6-7H,4-5H2,1-3H3/t7-,9+/m1/s1. The van der Waals surface area contributed by atoms with Crippen LogP contribution in [0.2, 0.25) is 0 Å². The second kappa shape index (κ2) is 3.11. The molecular formula is C9H15BrO2. The van der Waals surface area contributed by atoms with E-state index in [2.05, 4.69) is 15.9 Å². The fourth-order valence-electron chi connectivity index (χ4n) is 1.56. The fraction of sp³-hybridized carbons (Fsp3) is 0.889. The molecule has 1 heterocycles. The van der Waals surface area contributed by atoms with Crippen molar-refractivity contribution in [1.82, 2.24) is 0 Å². The van der Waals surface area contributed by atoms with E-state index in [1.165, 1.54) is 0 Å². The Hall–Kier alpha value is 0.110. The molecule has 1 rings (SSSR count). The lowest BCUT2D eigenvalue weighted by atomic mass is 9.89. The van der Waals surface area contributed by atoms with Gasteiger partial charge in [-0.15, -0.1) is 0 Å². The molecule has 1 saturated heterocycles. The highest BCUT2D eigenvalue weighted by Gasteiger charge is 2.42. The average Bonchev–Trinajstić information content (AvgIpc) is 1.97. The van der Waals surface area contributed by atoms with Crippen LogP contribution in [0, 0.1) is 0 Å². The van der Waals surface area contributed by atoms with Crippen molar-refractivity contribution in [2.75, 3.05) is 0 Å². The summed E-state index contributed by atoms with van der Waals surface area (Å²) in [7, 11) is 0. The van der Waals surface area contributed by atoms with Crippen molar-refractivity contribution in [1.29, 1.82) is 0 Å². The molecule has 0 aliphatic carbocycles. The quantitative estimate of drug-likeness (QED) is 0.515. The maximum Gasteiger partial charge on any atom is 0.151 e. The maximum atomic E-state index is 10.7. The van der Waals surface area contributed by atoms with Crippen molar-refractivity contribution in [3.8, 4) is 0 Å². The van der Waals surface area contributed by atoms with Crippen LogP contribution in [0.1, 0.15) is 33.6 Å². The molecular weight excluding hydrogens is 220 g/mol. The van der Waals surface area contributed by atoms with Crippen molar-refractivity contribution < 1.29 is 9.53 Å². The zero-order chi connectivity index (χ0) is 9.41. The Bertz CT molecular complexity index is 191. The molecule has 0 N–H and O–H groups in total. The van der Waals surface area contributed by atoms with Gasteiger partial charge < -0.3 is 9.53 Å². The highest BCUT2D eigenvalue weighted by molar-refractivity contribution is 9.09. The lowest BCUT2D eigenvalue weighted by Gasteiger charge is -2.43. The van der Waals surface area contributed by atoms with Gasteiger partial charge in [0.2, 0.25) is 0 Å². The number of halogens is 1. The van der Waals surface area contributed by atoms with E-state index < -0.39 is 5.60 Å². The first-order chi connectivity index (χ1) is 5.40. The molecule has 70 valence electrons. The zero-order valence-corrected chi connectivity index (χ0v) is 9.35. The summed E-state index contributed by atoms with van der Waals surface area (Å²) in [5.41, 5.74) is -0.818.